The summed E-state index contributed by atoms with van der Waals surface area (Å²) in [5.74, 6) is -0.829. The Balaban J connectivity index is 2.44. The molecule has 1 N–H and O–H groups in total. The van der Waals surface area contributed by atoms with Crippen LogP contribution in [0.15, 0.2) is 36.7 Å². The summed E-state index contributed by atoms with van der Waals surface area (Å²) in [6.45, 7) is 4.00. The van der Waals surface area contributed by atoms with Crippen molar-refractivity contribution in [2.24, 2.45) is 0 Å². The molecule has 5 nitrogen and oxygen atoms in total. The number of pyridine rings is 1. The van der Waals surface area contributed by atoms with Gasteiger partial charge in [0.15, 0.2) is 5.78 Å². The molecule has 0 fully saturated rings. The highest BCUT2D eigenvalue weighted by atomic mass is 16.5. The molecule has 0 bridgehead atoms. The van der Waals surface area contributed by atoms with Crippen LogP contribution in [0, 0.1) is 0 Å². The van der Waals surface area contributed by atoms with Gasteiger partial charge in [-0.2, -0.15) is 0 Å². The summed E-state index contributed by atoms with van der Waals surface area (Å²) in [6, 6.07) is 6.34. The van der Waals surface area contributed by atoms with Crippen molar-refractivity contribution in [2.75, 3.05) is 7.11 Å². The van der Waals surface area contributed by atoms with Gasteiger partial charge in [-0.1, -0.05) is 19.9 Å². The second-order valence-corrected chi connectivity index (χ2v) is 5.21. The van der Waals surface area contributed by atoms with Gasteiger partial charge in [-0.05, 0) is 29.7 Å². The molecular formula is C17H17NO4. The first kappa shape index (κ1) is 15.7. The molecule has 0 unspecified atom stereocenters. The van der Waals surface area contributed by atoms with Gasteiger partial charge in [-0.15, -0.1) is 0 Å². The summed E-state index contributed by atoms with van der Waals surface area (Å²) >= 11 is 0. The van der Waals surface area contributed by atoms with E-state index in [1.165, 1.54) is 31.6 Å². The van der Waals surface area contributed by atoms with Crippen LogP contribution in [0.3, 0.4) is 0 Å². The summed E-state index contributed by atoms with van der Waals surface area (Å²) < 4.78 is 4.61. The molecule has 22 heavy (non-hydrogen) atoms. The second-order valence-electron chi connectivity index (χ2n) is 5.21. The first-order chi connectivity index (χ1) is 10.4. The largest absolute Gasteiger partial charge is 0.507 e. The fourth-order valence-electron chi connectivity index (χ4n) is 2.04. The van der Waals surface area contributed by atoms with Gasteiger partial charge >= 0.3 is 5.97 Å². The Kier molecular flexibility index (Phi) is 4.56. The van der Waals surface area contributed by atoms with E-state index in [0.717, 1.165) is 5.56 Å². The van der Waals surface area contributed by atoms with Gasteiger partial charge in [-0.3, -0.25) is 9.78 Å². The van der Waals surface area contributed by atoms with E-state index in [2.05, 4.69) is 9.72 Å². The predicted octanol–water partition coefficient (Wildman–Crippen LogP) is 2.93. The molecule has 0 spiro atoms. The number of aromatic nitrogens is 1. The van der Waals surface area contributed by atoms with Crippen LogP contribution in [-0.2, 0) is 4.74 Å². The van der Waals surface area contributed by atoms with E-state index in [4.69, 9.17) is 0 Å². The second kappa shape index (κ2) is 6.39. The third-order valence-corrected chi connectivity index (χ3v) is 3.35. The number of methoxy groups -OCH3 is 1. The van der Waals surface area contributed by atoms with Crippen LogP contribution in [-0.4, -0.2) is 29.0 Å². The molecule has 0 aliphatic carbocycles. The molecule has 0 aliphatic heterocycles. The van der Waals surface area contributed by atoms with Crippen LogP contribution in [0.2, 0.25) is 0 Å². The normalized spacial score (nSPS) is 10.5. The number of hydrogen-bond donors (Lipinski definition) is 1. The fraction of sp³-hybridized carbons (Fsp3) is 0.235. The number of hydrogen-bond acceptors (Lipinski definition) is 5. The van der Waals surface area contributed by atoms with E-state index < -0.39 is 11.8 Å². The highest BCUT2D eigenvalue weighted by Gasteiger charge is 2.17. The minimum absolute atomic E-state index is 0.0992. The van der Waals surface area contributed by atoms with Crippen molar-refractivity contribution in [3.8, 4) is 5.75 Å². The lowest BCUT2D eigenvalue weighted by atomic mass is 9.96. The van der Waals surface area contributed by atoms with Crippen molar-refractivity contribution < 1.29 is 19.4 Å². The molecular weight excluding hydrogens is 282 g/mol. The Bertz CT molecular complexity index is 722. The molecule has 114 valence electrons. The van der Waals surface area contributed by atoms with E-state index in [1.54, 1.807) is 12.1 Å². The quantitative estimate of drug-likeness (QED) is 0.694. The standard InChI is InChI=1S/C17H17NO4/c1-10(2)11-4-5-15(19)14(7-11)16(20)12-6-13(9-18-8-12)17(21)22-3/h4-10,19H,1-3H3. The van der Waals surface area contributed by atoms with E-state index in [1.807, 2.05) is 13.8 Å². The lowest BCUT2D eigenvalue weighted by Crippen LogP contribution is -2.07. The minimum atomic E-state index is -0.567. The Labute approximate surface area is 128 Å². The van der Waals surface area contributed by atoms with Crippen molar-refractivity contribution in [2.45, 2.75) is 19.8 Å². The van der Waals surface area contributed by atoms with Crippen LogP contribution in [0.1, 0.15) is 51.6 Å². The number of ether oxygens (including phenoxy) is 1. The number of nitrogens with zero attached hydrogens (tertiary/aromatic N) is 1. The number of benzene rings is 1. The molecule has 1 heterocycles. The summed E-state index contributed by atoms with van der Waals surface area (Å²) in [7, 11) is 1.26. The number of esters is 1. The van der Waals surface area contributed by atoms with Gasteiger partial charge in [0.1, 0.15) is 5.75 Å². The topological polar surface area (TPSA) is 76.5 Å². The van der Waals surface area contributed by atoms with Gasteiger partial charge in [0.2, 0.25) is 0 Å². The van der Waals surface area contributed by atoms with Gasteiger partial charge in [0.05, 0.1) is 18.2 Å². The van der Waals surface area contributed by atoms with E-state index >= 15 is 0 Å². The van der Waals surface area contributed by atoms with Gasteiger partial charge in [0, 0.05) is 18.0 Å². The predicted molar refractivity (Wildman–Crippen MR) is 81.2 cm³/mol. The molecule has 1 aromatic carbocycles. The molecule has 2 aromatic rings. The Morgan fingerprint density at radius 2 is 1.82 bits per heavy atom. The zero-order chi connectivity index (χ0) is 16.3. The van der Waals surface area contributed by atoms with E-state index in [0.29, 0.717) is 0 Å². The van der Waals surface area contributed by atoms with Crippen LogP contribution < -0.4 is 0 Å². The molecule has 0 atom stereocenters. The Morgan fingerprint density at radius 3 is 2.45 bits per heavy atom. The lowest BCUT2D eigenvalue weighted by molar-refractivity contribution is 0.0600. The first-order valence-corrected chi connectivity index (χ1v) is 6.85. The Hall–Kier alpha value is -2.69. The zero-order valence-corrected chi connectivity index (χ0v) is 12.7. The summed E-state index contributed by atoms with van der Waals surface area (Å²) in [5.41, 5.74) is 1.54. The van der Waals surface area contributed by atoms with Crippen LogP contribution in [0.25, 0.3) is 0 Å². The Morgan fingerprint density at radius 1 is 1.14 bits per heavy atom. The highest BCUT2D eigenvalue weighted by Crippen LogP contribution is 2.25. The SMILES string of the molecule is COC(=O)c1cncc(C(=O)c2cc(C(C)C)ccc2O)c1. The number of rotatable bonds is 4. The maximum atomic E-state index is 12.6. The molecule has 2 rings (SSSR count). The average molecular weight is 299 g/mol. The average Bonchev–Trinajstić information content (AvgIpc) is 2.53. The van der Waals surface area contributed by atoms with E-state index in [-0.39, 0.29) is 28.4 Å². The molecule has 0 saturated carbocycles. The highest BCUT2D eigenvalue weighted by molar-refractivity contribution is 6.11. The van der Waals surface area contributed by atoms with E-state index in [9.17, 15) is 14.7 Å². The smallest absolute Gasteiger partial charge is 0.339 e. The van der Waals surface area contributed by atoms with Crippen molar-refractivity contribution in [3.63, 3.8) is 0 Å². The lowest BCUT2D eigenvalue weighted by Gasteiger charge is -2.10. The fourth-order valence-corrected chi connectivity index (χ4v) is 2.04. The van der Waals surface area contributed by atoms with Crippen LogP contribution >= 0.6 is 0 Å². The van der Waals surface area contributed by atoms with Crippen molar-refractivity contribution in [1.29, 1.82) is 0 Å². The van der Waals surface area contributed by atoms with Crippen LogP contribution in [0.5, 0.6) is 5.75 Å². The van der Waals surface area contributed by atoms with Gasteiger partial charge in [-0.25, -0.2) is 4.79 Å². The number of carbonyl (C=O) groups is 2. The molecule has 0 aliphatic rings. The summed E-state index contributed by atoms with van der Waals surface area (Å²) in [5, 5.41) is 9.94. The van der Waals surface area contributed by atoms with Gasteiger partial charge in [0.25, 0.3) is 0 Å². The maximum Gasteiger partial charge on any atom is 0.339 e. The molecule has 1 aromatic heterocycles. The van der Waals surface area contributed by atoms with Crippen molar-refractivity contribution in [1.82, 2.24) is 4.98 Å². The van der Waals surface area contributed by atoms with Crippen molar-refractivity contribution >= 4 is 11.8 Å². The zero-order valence-electron chi connectivity index (χ0n) is 12.7. The van der Waals surface area contributed by atoms with Crippen LogP contribution in [0.4, 0.5) is 0 Å². The number of carbonyl (C=O) groups excluding carboxylic acids is 2. The number of ketones is 1. The molecule has 0 radical (unpaired) electrons. The molecule has 0 saturated heterocycles. The molecule has 5 heteroatoms. The van der Waals surface area contributed by atoms with Gasteiger partial charge < -0.3 is 9.84 Å². The monoisotopic (exact) mass is 299 g/mol. The van der Waals surface area contributed by atoms with Crippen molar-refractivity contribution in [3.05, 3.63) is 58.9 Å². The first-order valence-electron chi connectivity index (χ1n) is 6.85. The third kappa shape index (κ3) is 3.14. The molecule has 0 amide bonds. The summed E-state index contributed by atoms with van der Waals surface area (Å²) in [6.07, 6.45) is 2.68. The minimum Gasteiger partial charge on any atom is -0.507 e. The summed E-state index contributed by atoms with van der Waals surface area (Å²) in [4.78, 5) is 27.9. The number of phenolic OH excluding ortho intramolecular Hbond substituents is 1. The maximum absolute atomic E-state index is 12.6. The third-order valence-electron chi connectivity index (χ3n) is 3.35. The number of aromatic hydroxyl groups is 1. The number of phenols is 1.